The highest BCUT2D eigenvalue weighted by atomic mass is 16.1. The Morgan fingerprint density at radius 1 is 1.15 bits per heavy atom. The van der Waals surface area contributed by atoms with Crippen LogP contribution in [-0.2, 0) is 0 Å². The molecule has 3 heteroatoms. The van der Waals surface area contributed by atoms with Gasteiger partial charge in [-0.3, -0.25) is 9.78 Å². The van der Waals surface area contributed by atoms with Crippen molar-refractivity contribution in [2.24, 2.45) is 0 Å². The quantitative estimate of drug-likeness (QED) is 0.911. The molecule has 1 heterocycles. The van der Waals surface area contributed by atoms with Crippen LogP contribution in [0.15, 0.2) is 36.5 Å². The Kier molecular flexibility index (Phi) is 4.18. The van der Waals surface area contributed by atoms with Gasteiger partial charge in [0.1, 0.15) is 0 Å². The van der Waals surface area contributed by atoms with Crippen molar-refractivity contribution in [3.8, 4) is 0 Å². The van der Waals surface area contributed by atoms with E-state index in [-0.39, 0.29) is 5.91 Å². The second-order valence-electron chi connectivity index (χ2n) is 5.34. The van der Waals surface area contributed by atoms with Crippen molar-refractivity contribution >= 4 is 11.6 Å². The van der Waals surface area contributed by atoms with E-state index in [0.29, 0.717) is 11.5 Å². The molecule has 1 N–H and O–H groups in total. The first-order chi connectivity index (χ1) is 9.49. The zero-order valence-corrected chi connectivity index (χ0v) is 12.4. The van der Waals surface area contributed by atoms with Crippen LogP contribution in [0.25, 0.3) is 0 Å². The Labute approximate surface area is 120 Å². The van der Waals surface area contributed by atoms with E-state index in [4.69, 9.17) is 0 Å². The number of para-hydroxylation sites is 1. The smallest absolute Gasteiger partial charge is 0.257 e. The number of aromatic nitrogens is 1. The minimum atomic E-state index is -0.117. The largest absolute Gasteiger partial charge is 0.321 e. The van der Waals surface area contributed by atoms with Gasteiger partial charge in [-0.1, -0.05) is 32.0 Å². The van der Waals surface area contributed by atoms with E-state index in [1.54, 1.807) is 12.3 Å². The van der Waals surface area contributed by atoms with Gasteiger partial charge >= 0.3 is 0 Å². The molecule has 2 rings (SSSR count). The average Bonchev–Trinajstić information content (AvgIpc) is 2.41. The average molecular weight is 268 g/mol. The number of benzene rings is 1. The van der Waals surface area contributed by atoms with Gasteiger partial charge in [-0.15, -0.1) is 0 Å². The number of amides is 1. The molecule has 1 aromatic carbocycles. The summed E-state index contributed by atoms with van der Waals surface area (Å²) < 4.78 is 0. The van der Waals surface area contributed by atoms with Crippen LogP contribution in [0.3, 0.4) is 0 Å². The number of pyridine rings is 1. The zero-order valence-electron chi connectivity index (χ0n) is 12.4. The van der Waals surface area contributed by atoms with Crippen LogP contribution in [0.1, 0.15) is 46.9 Å². The van der Waals surface area contributed by atoms with Gasteiger partial charge in [0.25, 0.3) is 5.91 Å². The minimum Gasteiger partial charge on any atom is -0.321 e. The van der Waals surface area contributed by atoms with Crippen molar-refractivity contribution in [3.05, 3.63) is 58.9 Å². The molecule has 0 unspecified atom stereocenters. The number of anilines is 1. The number of rotatable bonds is 3. The van der Waals surface area contributed by atoms with E-state index in [1.165, 1.54) is 0 Å². The molecule has 104 valence electrons. The molecule has 3 nitrogen and oxygen atoms in total. The summed E-state index contributed by atoms with van der Waals surface area (Å²) in [6, 6.07) is 9.73. The molecule has 0 fully saturated rings. The molecule has 20 heavy (non-hydrogen) atoms. The van der Waals surface area contributed by atoms with Crippen LogP contribution in [0, 0.1) is 13.8 Å². The maximum absolute atomic E-state index is 12.3. The third-order valence-corrected chi connectivity index (χ3v) is 3.34. The van der Waals surface area contributed by atoms with Gasteiger partial charge in [-0.2, -0.15) is 0 Å². The third kappa shape index (κ3) is 3.05. The number of aryl methyl sites for hydroxylation is 2. The number of nitrogens with one attached hydrogen (secondary N) is 1. The first kappa shape index (κ1) is 14.3. The molecular formula is C17H20N2O. The number of carbonyl (C=O) groups is 1. The fourth-order valence-electron chi connectivity index (χ4n) is 2.13. The predicted octanol–water partition coefficient (Wildman–Crippen LogP) is 4.07. The molecule has 0 aliphatic rings. The lowest BCUT2D eigenvalue weighted by molar-refractivity contribution is 0.102. The molecule has 0 aliphatic carbocycles. The fourth-order valence-corrected chi connectivity index (χ4v) is 2.13. The lowest BCUT2D eigenvalue weighted by atomic mass is 9.98. The second-order valence-corrected chi connectivity index (χ2v) is 5.34. The molecule has 0 saturated heterocycles. The highest BCUT2D eigenvalue weighted by molar-refractivity contribution is 6.04. The minimum absolute atomic E-state index is 0.117. The molecule has 0 saturated carbocycles. The van der Waals surface area contributed by atoms with E-state index in [9.17, 15) is 4.79 Å². The van der Waals surface area contributed by atoms with Gasteiger partial charge in [0.2, 0.25) is 0 Å². The number of nitrogens with zero attached hydrogens (tertiary/aromatic N) is 1. The molecule has 2 aromatic rings. The maximum atomic E-state index is 12.3. The molecule has 0 radical (unpaired) electrons. The predicted molar refractivity (Wildman–Crippen MR) is 82.2 cm³/mol. The maximum Gasteiger partial charge on any atom is 0.257 e. The van der Waals surface area contributed by atoms with E-state index in [0.717, 1.165) is 22.5 Å². The topological polar surface area (TPSA) is 42.0 Å². The van der Waals surface area contributed by atoms with Crippen LogP contribution in [0.5, 0.6) is 0 Å². The van der Waals surface area contributed by atoms with Crippen LogP contribution in [0.4, 0.5) is 5.69 Å². The highest BCUT2D eigenvalue weighted by Crippen LogP contribution is 2.27. The van der Waals surface area contributed by atoms with Gasteiger partial charge in [0.15, 0.2) is 0 Å². The molecule has 1 amide bonds. The summed E-state index contributed by atoms with van der Waals surface area (Å²) in [5.41, 5.74) is 4.62. The summed E-state index contributed by atoms with van der Waals surface area (Å²) in [4.78, 5) is 16.5. The molecule has 0 atom stereocenters. The summed E-state index contributed by atoms with van der Waals surface area (Å²) in [6.45, 7) is 8.16. The number of hydrogen-bond donors (Lipinski definition) is 1. The van der Waals surface area contributed by atoms with Crippen molar-refractivity contribution in [3.63, 3.8) is 0 Å². The van der Waals surface area contributed by atoms with E-state index >= 15 is 0 Å². The summed E-state index contributed by atoms with van der Waals surface area (Å²) in [5.74, 6) is 0.245. The SMILES string of the molecule is Cc1ccc(C(=O)Nc2c(C)cccc2C(C)C)cn1. The summed E-state index contributed by atoms with van der Waals surface area (Å²) in [5, 5.41) is 3.02. The van der Waals surface area contributed by atoms with Crippen molar-refractivity contribution in [2.45, 2.75) is 33.6 Å². The monoisotopic (exact) mass is 268 g/mol. The second kappa shape index (κ2) is 5.87. The fraction of sp³-hybridized carbons (Fsp3) is 0.294. The molecule has 0 aliphatic heterocycles. The van der Waals surface area contributed by atoms with Crippen molar-refractivity contribution in [1.29, 1.82) is 0 Å². The Hall–Kier alpha value is -2.16. The lowest BCUT2D eigenvalue weighted by Gasteiger charge is -2.16. The first-order valence-electron chi connectivity index (χ1n) is 6.82. The summed E-state index contributed by atoms with van der Waals surface area (Å²) in [6.07, 6.45) is 1.61. The van der Waals surface area contributed by atoms with E-state index < -0.39 is 0 Å². The lowest BCUT2D eigenvalue weighted by Crippen LogP contribution is -2.15. The molecular weight excluding hydrogens is 248 g/mol. The van der Waals surface area contributed by atoms with E-state index in [1.807, 2.05) is 32.0 Å². The number of hydrogen-bond acceptors (Lipinski definition) is 2. The van der Waals surface area contributed by atoms with Gasteiger partial charge in [-0.05, 0) is 43.0 Å². The Morgan fingerprint density at radius 3 is 2.50 bits per heavy atom. The normalized spacial score (nSPS) is 10.7. The summed E-state index contributed by atoms with van der Waals surface area (Å²) in [7, 11) is 0. The van der Waals surface area contributed by atoms with E-state index in [2.05, 4.69) is 30.2 Å². The Morgan fingerprint density at radius 2 is 1.90 bits per heavy atom. The van der Waals surface area contributed by atoms with Gasteiger partial charge in [0.05, 0.1) is 5.56 Å². The Bertz CT molecular complexity index is 615. The van der Waals surface area contributed by atoms with Crippen LogP contribution < -0.4 is 5.32 Å². The molecule has 0 bridgehead atoms. The Balaban J connectivity index is 2.30. The van der Waals surface area contributed by atoms with Crippen molar-refractivity contribution < 1.29 is 4.79 Å². The third-order valence-electron chi connectivity index (χ3n) is 3.34. The number of carbonyl (C=O) groups excluding carboxylic acids is 1. The van der Waals surface area contributed by atoms with Crippen LogP contribution in [-0.4, -0.2) is 10.9 Å². The van der Waals surface area contributed by atoms with Crippen LogP contribution in [0.2, 0.25) is 0 Å². The van der Waals surface area contributed by atoms with Gasteiger partial charge in [-0.25, -0.2) is 0 Å². The summed E-state index contributed by atoms with van der Waals surface area (Å²) >= 11 is 0. The standard InChI is InChI=1S/C17H20N2O/c1-11(2)15-7-5-6-12(3)16(15)19-17(20)14-9-8-13(4)18-10-14/h5-11H,1-4H3,(H,19,20). The molecule has 1 aromatic heterocycles. The highest BCUT2D eigenvalue weighted by Gasteiger charge is 2.13. The molecule has 0 spiro atoms. The zero-order chi connectivity index (χ0) is 14.7. The first-order valence-corrected chi connectivity index (χ1v) is 6.82. The van der Waals surface area contributed by atoms with Crippen LogP contribution >= 0.6 is 0 Å². The van der Waals surface area contributed by atoms with Crippen molar-refractivity contribution in [2.75, 3.05) is 5.32 Å². The van der Waals surface area contributed by atoms with Gasteiger partial charge in [0, 0.05) is 17.6 Å². The van der Waals surface area contributed by atoms with Gasteiger partial charge < -0.3 is 5.32 Å². The van der Waals surface area contributed by atoms with Crippen molar-refractivity contribution in [1.82, 2.24) is 4.98 Å².